The highest BCUT2D eigenvalue weighted by molar-refractivity contribution is 6.31. The van der Waals surface area contributed by atoms with Gasteiger partial charge in [-0.05, 0) is 58.4 Å². The van der Waals surface area contributed by atoms with Crippen molar-refractivity contribution in [1.82, 2.24) is 0 Å². The fourth-order valence-electron chi connectivity index (χ4n) is 3.49. The number of hydrogen-bond donors (Lipinski definition) is 0. The van der Waals surface area contributed by atoms with E-state index in [1.165, 1.54) is 0 Å². The van der Waals surface area contributed by atoms with E-state index in [0.717, 1.165) is 33.4 Å². The minimum Gasteiger partial charge on any atom is -0.289 e. The first kappa shape index (κ1) is 24.1. The van der Waals surface area contributed by atoms with Gasteiger partial charge in [-0.15, -0.1) is 0 Å². The van der Waals surface area contributed by atoms with E-state index in [-0.39, 0.29) is 16.6 Å². The number of halogens is 2. The Balaban J connectivity index is 2.31. The molecule has 2 aromatic carbocycles. The minimum absolute atomic E-state index is 0.107. The topological polar surface area (TPSA) is 17.1 Å². The number of allylic oxidation sites excluding steroid dienone is 5. The molecule has 0 bridgehead atoms. The van der Waals surface area contributed by atoms with Crippen LogP contribution in [0.5, 0.6) is 0 Å². The Morgan fingerprint density at radius 3 is 1.41 bits per heavy atom. The summed E-state index contributed by atoms with van der Waals surface area (Å²) in [6.07, 6.45) is 3.87. The average Bonchev–Trinajstić information content (AvgIpc) is 2.70. The van der Waals surface area contributed by atoms with Gasteiger partial charge in [-0.1, -0.05) is 100 Å². The van der Waals surface area contributed by atoms with Crippen LogP contribution in [0, 0.1) is 10.8 Å². The van der Waals surface area contributed by atoms with Crippen LogP contribution in [-0.4, -0.2) is 5.78 Å². The molecule has 0 radical (unpaired) electrons. The van der Waals surface area contributed by atoms with Crippen LogP contribution < -0.4 is 0 Å². The smallest absolute Gasteiger partial charge is 0.186 e. The number of carbonyl (C=O) groups is 1. The van der Waals surface area contributed by atoms with Gasteiger partial charge in [0, 0.05) is 32.3 Å². The number of ketones is 1. The van der Waals surface area contributed by atoms with E-state index in [2.05, 4.69) is 53.0 Å². The molecule has 0 fully saturated rings. The summed E-state index contributed by atoms with van der Waals surface area (Å²) in [4.78, 5) is 13.2. The molecule has 32 heavy (non-hydrogen) atoms. The standard InChI is InChI=1S/C29H28Cl2O/c1-28(2,3)25-17-19(18-26(27(25)32)29(4,5)6)7-16-24(20-8-12-22(30)13-9-20)21-10-14-23(31)15-11-21/h8-15,17-18H,1-6H3. The Hall–Kier alpha value is -2.53. The van der Waals surface area contributed by atoms with Gasteiger partial charge in [-0.3, -0.25) is 4.79 Å². The predicted octanol–water partition coefficient (Wildman–Crippen LogP) is 8.63. The average molecular weight is 463 g/mol. The van der Waals surface area contributed by atoms with Gasteiger partial charge in [-0.2, -0.15) is 0 Å². The summed E-state index contributed by atoms with van der Waals surface area (Å²) in [5.74, 6) is 0.107. The molecule has 0 atom stereocenters. The third kappa shape index (κ3) is 5.63. The van der Waals surface area contributed by atoms with E-state index in [1.54, 1.807) is 0 Å². The third-order valence-corrected chi connectivity index (χ3v) is 5.81. The van der Waals surface area contributed by atoms with Crippen molar-refractivity contribution >= 4 is 34.6 Å². The maximum Gasteiger partial charge on any atom is 0.186 e. The first-order valence-corrected chi connectivity index (χ1v) is 11.4. The van der Waals surface area contributed by atoms with E-state index >= 15 is 0 Å². The Kier molecular flexibility index (Phi) is 6.89. The molecule has 0 spiro atoms. The number of rotatable bonds is 2. The highest BCUT2D eigenvalue weighted by Crippen LogP contribution is 2.38. The summed E-state index contributed by atoms with van der Waals surface area (Å²) in [6.45, 7) is 12.4. The second-order valence-electron chi connectivity index (χ2n) is 10.0. The maximum atomic E-state index is 13.2. The zero-order valence-corrected chi connectivity index (χ0v) is 20.9. The van der Waals surface area contributed by atoms with Crippen LogP contribution >= 0.6 is 23.2 Å². The van der Waals surface area contributed by atoms with Crippen LogP contribution in [0.15, 0.2) is 88.9 Å². The molecule has 3 rings (SSSR count). The SMILES string of the molecule is CC(C)(C)C1=CC(=C=C=C(c2ccc(Cl)cc2)c2ccc(Cl)cc2)C=C(C(C)(C)C)C1=O. The number of benzene rings is 2. The van der Waals surface area contributed by atoms with Crippen LogP contribution in [0.25, 0.3) is 5.57 Å². The quantitative estimate of drug-likeness (QED) is 0.408. The largest absolute Gasteiger partial charge is 0.289 e. The van der Waals surface area contributed by atoms with Gasteiger partial charge in [0.05, 0.1) is 0 Å². The second-order valence-corrected chi connectivity index (χ2v) is 10.9. The molecule has 1 aliphatic carbocycles. The summed E-state index contributed by atoms with van der Waals surface area (Å²) >= 11 is 12.2. The Morgan fingerprint density at radius 2 is 1.06 bits per heavy atom. The van der Waals surface area contributed by atoms with Gasteiger partial charge in [0.15, 0.2) is 5.78 Å². The lowest BCUT2D eigenvalue weighted by atomic mass is 9.72. The molecular weight excluding hydrogens is 435 g/mol. The predicted molar refractivity (Wildman–Crippen MR) is 136 cm³/mol. The monoisotopic (exact) mass is 462 g/mol. The highest BCUT2D eigenvalue weighted by Gasteiger charge is 2.33. The fourth-order valence-corrected chi connectivity index (χ4v) is 3.75. The Bertz CT molecular complexity index is 1110. The van der Waals surface area contributed by atoms with Crippen LogP contribution in [0.3, 0.4) is 0 Å². The van der Waals surface area contributed by atoms with Crippen LogP contribution in [0.2, 0.25) is 10.0 Å². The second kappa shape index (κ2) is 9.14. The van der Waals surface area contributed by atoms with Gasteiger partial charge in [0.1, 0.15) is 0 Å². The molecule has 0 aromatic heterocycles. The van der Waals surface area contributed by atoms with E-state index in [1.807, 2.05) is 60.7 Å². The van der Waals surface area contributed by atoms with Gasteiger partial charge >= 0.3 is 0 Å². The summed E-state index contributed by atoms with van der Waals surface area (Å²) < 4.78 is 0. The lowest BCUT2D eigenvalue weighted by molar-refractivity contribution is -0.114. The first-order valence-electron chi connectivity index (χ1n) is 10.6. The molecule has 0 N–H and O–H groups in total. The van der Waals surface area contributed by atoms with E-state index < -0.39 is 0 Å². The normalized spacial score (nSPS) is 14.4. The van der Waals surface area contributed by atoms with Crippen molar-refractivity contribution in [2.24, 2.45) is 10.8 Å². The molecule has 0 amide bonds. The van der Waals surface area contributed by atoms with Gasteiger partial charge in [0.25, 0.3) is 0 Å². The molecule has 164 valence electrons. The third-order valence-electron chi connectivity index (χ3n) is 5.30. The van der Waals surface area contributed by atoms with Crippen molar-refractivity contribution in [3.63, 3.8) is 0 Å². The molecule has 2 aromatic rings. The van der Waals surface area contributed by atoms with Crippen molar-refractivity contribution in [2.45, 2.75) is 41.5 Å². The van der Waals surface area contributed by atoms with Crippen LogP contribution in [0.4, 0.5) is 0 Å². The molecule has 0 saturated heterocycles. The molecule has 3 heteroatoms. The van der Waals surface area contributed by atoms with Crippen molar-refractivity contribution < 1.29 is 4.79 Å². The lowest BCUT2D eigenvalue weighted by Gasteiger charge is -2.30. The van der Waals surface area contributed by atoms with Crippen LogP contribution in [0.1, 0.15) is 52.7 Å². The van der Waals surface area contributed by atoms with E-state index in [9.17, 15) is 4.79 Å². The Morgan fingerprint density at radius 1 is 0.688 bits per heavy atom. The zero-order valence-electron chi connectivity index (χ0n) is 19.4. The van der Waals surface area contributed by atoms with Gasteiger partial charge in [0.2, 0.25) is 0 Å². The Labute approximate surface area is 201 Å². The van der Waals surface area contributed by atoms with Crippen molar-refractivity contribution in [2.75, 3.05) is 0 Å². The molecule has 0 saturated carbocycles. The van der Waals surface area contributed by atoms with Gasteiger partial charge < -0.3 is 0 Å². The number of Topliss-reactive ketones (excluding diaryl/α,β-unsaturated/α-hetero) is 1. The maximum absolute atomic E-state index is 13.2. The molecular formula is C29H28Cl2O. The number of carbonyl (C=O) groups excluding carboxylic acids is 1. The summed E-state index contributed by atoms with van der Waals surface area (Å²) in [5.41, 5.74) is 11.4. The summed E-state index contributed by atoms with van der Waals surface area (Å²) in [6, 6.07) is 15.3. The van der Waals surface area contributed by atoms with E-state index in [4.69, 9.17) is 23.2 Å². The molecule has 0 unspecified atom stereocenters. The minimum atomic E-state index is -0.270. The molecule has 1 aliphatic rings. The number of hydrogen-bond acceptors (Lipinski definition) is 1. The summed E-state index contributed by atoms with van der Waals surface area (Å²) in [7, 11) is 0. The molecule has 0 heterocycles. The van der Waals surface area contributed by atoms with Crippen molar-refractivity contribution in [3.05, 3.63) is 110 Å². The molecule has 0 aliphatic heterocycles. The summed E-state index contributed by atoms with van der Waals surface area (Å²) in [5, 5.41) is 1.35. The van der Waals surface area contributed by atoms with Crippen molar-refractivity contribution in [1.29, 1.82) is 0 Å². The first-order chi connectivity index (χ1) is 14.9. The highest BCUT2D eigenvalue weighted by atomic mass is 35.5. The molecule has 1 nitrogen and oxygen atoms in total. The van der Waals surface area contributed by atoms with Crippen LogP contribution in [-0.2, 0) is 4.79 Å². The zero-order chi connectivity index (χ0) is 23.7. The lowest BCUT2D eigenvalue weighted by Crippen LogP contribution is -2.27. The van der Waals surface area contributed by atoms with Gasteiger partial charge in [-0.25, -0.2) is 0 Å². The fraction of sp³-hybridized carbons (Fsp3) is 0.276. The van der Waals surface area contributed by atoms with Crippen molar-refractivity contribution in [3.8, 4) is 0 Å². The van der Waals surface area contributed by atoms with E-state index in [0.29, 0.717) is 10.0 Å².